The first-order chi connectivity index (χ1) is 14.1. The highest BCUT2D eigenvalue weighted by atomic mass is 19.4. The van der Waals surface area contributed by atoms with Gasteiger partial charge in [0.15, 0.2) is 0 Å². The first kappa shape index (κ1) is 22.3. The van der Waals surface area contributed by atoms with E-state index < -0.39 is 23.8 Å². The van der Waals surface area contributed by atoms with Gasteiger partial charge in [-0.2, -0.15) is 13.2 Å². The number of carbonyl (C=O) groups excluding carboxylic acids is 2. The summed E-state index contributed by atoms with van der Waals surface area (Å²) in [6, 6.07) is 1.54. The maximum atomic E-state index is 12.8. The van der Waals surface area contributed by atoms with Crippen molar-refractivity contribution in [3.05, 3.63) is 34.2 Å². The smallest absolute Gasteiger partial charge is 0.341 e. The molecule has 10 heteroatoms. The van der Waals surface area contributed by atoms with Crippen molar-refractivity contribution < 1.29 is 22.8 Å². The fourth-order valence-corrected chi connectivity index (χ4v) is 3.89. The van der Waals surface area contributed by atoms with Gasteiger partial charge in [0, 0.05) is 58.0 Å². The Balaban J connectivity index is 1.50. The Morgan fingerprint density at radius 1 is 0.967 bits per heavy atom. The Hall–Kier alpha value is -2.36. The highest BCUT2D eigenvalue weighted by molar-refractivity contribution is 5.77. The summed E-state index contributed by atoms with van der Waals surface area (Å²) in [5.41, 5.74) is -1.61. The number of amides is 2. The summed E-state index contributed by atoms with van der Waals surface area (Å²) < 4.78 is 39.3. The van der Waals surface area contributed by atoms with Gasteiger partial charge in [0.2, 0.25) is 11.8 Å². The van der Waals surface area contributed by atoms with Crippen LogP contribution in [0.5, 0.6) is 0 Å². The van der Waals surface area contributed by atoms with Gasteiger partial charge >= 0.3 is 6.18 Å². The quantitative estimate of drug-likeness (QED) is 0.725. The van der Waals surface area contributed by atoms with Gasteiger partial charge in [-0.05, 0) is 31.9 Å². The largest absolute Gasteiger partial charge is 0.417 e. The molecule has 0 aromatic carbocycles. The molecule has 2 saturated heterocycles. The molecule has 0 bridgehead atoms. The maximum absolute atomic E-state index is 12.8. The number of alkyl halides is 3. The van der Waals surface area contributed by atoms with Gasteiger partial charge in [-0.1, -0.05) is 0 Å². The van der Waals surface area contributed by atoms with E-state index in [1.54, 1.807) is 4.90 Å². The van der Waals surface area contributed by atoms with Gasteiger partial charge in [-0.3, -0.25) is 14.4 Å². The maximum Gasteiger partial charge on any atom is 0.417 e. The summed E-state index contributed by atoms with van der Waals surface area (Å²) in [6.07, 6.45) is -2.10. The second kappa shape index (κ2) is 9.20. The lowest BCUT2D eigenvalue weighted by atomic mass is 9.92. The van der Waals surface area contributed by atoms with E-state index in [0.717, 1.165) is 36.8 Å². The van der Waals surface area contributed by atoms with E-state index in [9.17, 15) is 27.6 Å². The zero-order chi connectivity index (χ0) is 21.9. The molecule has 0 radical (unpaired) electrons. The number of piperidine rings is 1. The number of nitrogens with zero attached hydrogens (tertiary/aromatic N) is 4. The van der Waals surface area contributed by atoms with Crippen LogP contribution in [0.4, 0.5) is 13.2 Å². The highest BCUT2D eigenvalue weighted by Crippen LogP contribution is 2.28. The van der Waals surface area contributed by atoms with Crippen molar-refractivity contribution in [3.8, 4) is 0 Å². The topological polar surface area (TPSA) is 65.9 Å². The van der Waals surface area contributed by atoms with E-state index in [1.807, 2.05) is 11.9 Å². The fourth-order valence-electron chi connectivity index (χ4n) is 3.89. The minimum Gasteiger partial charge on any atom is -0.341 e. The number of pyridine rings is 1. The number of likely N-dealkylation sites (N-methyl/N-ethyl adjacent to an activating group) is 1. The van der Waals surface area contributed by atoms with Crippen LogP contribution in [0, 0.1) is 5.92 Å². The molecule has 1 aromatic heterocycles. The number of rotatable bonds is 4. The van der Waals surface area contributed by atoms with Gasteiger partial charge in [-0.15, -0.1) is 0 Å². The summed E-state index contributed by atoms with van der Waals surface area (Å²) in [5.74, 6) is -0.0545. The minimum absolute atomic E-state index is 0.142. The molecule has 0 N–H and O–H groups in total. The normalized spacial score (nSPS) is 19.2. The SMILES string of the molecule is CN1CCN(C(=O)CC2CCN(C(=O)Cn3cc(C(F)(F)F)ccc3=O)CC2)CC1. The Labute approximate surface area is 173 Å². The summed E-state index contributed by atoms with van der Waals surface area (Å²) >= 11 is 0. The van der Waals surface area contributed by atoms with E-state index in [2.05, 4.69) is 4.90 Å². The first-order valence-electron chi connectivity index (χ1n) is 10.2. The highest BCUT2D eigenvalue weighted by Gasteiger charge is 2.32. The lowest BCUT2D eigenvalue weighted by Gasteiger charge is -2.35. The zero-order valence-electron chi connectivity index (χ0n) is 17.0. The number of likely N-dealkylation sites (tertiary alicyclic amines) is 1. The summed E-state index contributed by atoms with van der Waals surface area (Å²) in [5, 5.41) is 0. The molecule has 166 valence electrons. The number of aromatic nitrogens is 1. The summed E-state index contributed by atoms with van der Waals surface area (Å²) in [6.45, 7) is 3.66. The van der Waals surface area contributed by atoms with Gasteiger partial charge in [0.25, 0.3) is 5.56 Å². The lowest BCUT2D eigenvalue weighted by Crippen LogP contribution is -2.48. The molecule has 0 saturated carbocycles. The molecule has 3 heterocycles. The van der Waals surface area contributed by atoms with Crippen LogP contribution in [0.1, 0.15) is 24.8 Å². The van der Waals surface area contributed by atoms with Crippen LogP contribution in [-0.2, 0) is 22.3 Å². The molecule has 3 rings (SSSR count). The molecule has 1 aromatic rings. The van der Waals surface area contributed by atoms with Crippen LogP contribution in [0.2, 0.25) is 0 Å². The third-order valence-corrected chi connectivity index (χ3v) is 5.90. The van der Waals surface area contributed by atoms with Crippen molar-refractivity contribution in [2.75, 3.05) is 46.3 Å². The van der Waals surface area contributed by atoms with E-state index in [0.29, 0.717) is 44.6 Å². The van der Waals surface area contributed by atoms with E-state index in [-0.39, 0.29) is 17.7 Å². The van der Waals surface area contributed by atoms with Crippen LogP contribution in [0.3, 0.4) is 0 Å². The van der Waals surface area contributed by atoms with Crippen LogP contribution in [0.15, 0.2) is 23.1 Å². The zero-order valence-corrected chi connectivity index (χ0v) is 17.0. The van der Waals surface area contributed by atoms with Crippen LogP contribution < -0.4 is 5.56 Å². The molecular formula is C20H27F3N4O3. The Bertz CT molecular complexity index is 823. The molecule has 0 spiro atoms. The molecule has 2 aliphatic heterocycles. The van der Waals surface area contributed by atoms with Crippen LogP contribution in [0.25, 0.3) is 0 Å². The predicted molar refractivity (Wildman–Crippen MR) is 104 cm³/mol. The second-order valence-electron chi connectivity index (χ2n) is 8.09. The van der Waals surface area contributed by atoms with E-state index >= 15 is 0 Å². The first-order valence-corrected chi connectivity index (χ1v) is 10.2. The molecule has 2 aliphatic rings. The number of halogens is 3. The van der Waals surface area contributed by atoms with E-state index in [4.69, 9.17) is 0 Å². The van der Waals surface area contributed by atoms with E-state index in [1.165, 1.54) is 0 Å². The van der Waals surface area contributed by atoms with Crippen molar-refractivity contribution >= 4 is 11.8 Å². The standard InChI is InChI=1S/C20H27F3N4O3/c1-24-8-10-26(11-9-24)18(29)12-15-4-6-25(7-5-15)19(30)14-27-13-16(20(21,22)23)2-3-17(27)28/h2-3,13,15H,4-12,14H2,1H3. The molecule has 0 unspecified atom stereocenters. The van der Waals surface area contributed by atoms with Gasteiger partial charge < -0.3 is 19.3 Å². The van der Waals surface area contributed by atoms with Crippen molar-refractivity contribution in [1.29, 1.82) is 0 Å². The predicted octanol–water partition coefficient (Wildman–Crippen LogP) is 1.27. The summed E-state index contributed by atoms with van der Waals surface area (Å²) in [4.78, 5) is 42.4. The Kier molecular flexibility index (Phi) is 6.84. The fraction of sp³-hybridized carbons (Fsp3) is 0.650. The van der Waals surface area contributed by atoms with Crippen LogP contribution >= 0.6 is 0 Å². The third-order valence-electron chi connectivity index (χ3n) is 5.90. The van der Waals surface area contributed by atoms with Crippen molar-refractivity contribution in [1.82, 2.24) is 19.3 Å². The lowest BCUT2D eigenvalue weighted by molar-refractivity contribution is -0.139. The average molecular weight is 428 g/mol. The molecule has 2 amide bonds. The minimum atomic E-state index is -4.58. The van der Waals surface area contributed by atoms with Crippen LogP contribution in [-0.4, -0.2) is 77.4 Å². The second-order valence-corrected chi connectivity index (χ2v) is 8.09. The monoisotopic (exact) mass is 428 g/mol. The van der Waals surface area contributed by atoms with Crippen molar-refractivity contribution in [3.63, 3.8) is 0 Å². The molecule has 0 atom stereocenters. The number of piperazine rings is 1. The van der Waals surface area contributed by atoms with Crippen molar-refractivity contribution in [2.45, 2.75) is 32.0 Å². The number of hydrogen-bond acceptors (Lipinski definition) is 4. The third kappa shape index (κ3) is 5.62. The van der Waals surface area contributed by atoms with Crippen molar-refractivity contribution in [2.24, 2.45) is 5.92 Å². The molecule has 30 heavy (non-hydrogen) atoms. The number of carbonyl (C=O) groups is 2. The molecule has 0 aliphatic carbocycles. The average Bonchev–Trinajstić information content (AvgIpc) is 2.69. The summed E-state index contributed by atoms with van der Waals surface area (Å²) in [7, 11) is 2.03. The van der Waals surface area contributed by atoms with Gasteiger partial charge in [0.05, 0.1) is 5.56 Å². The van der Waals surface area contributed by atoms with Gasteiger partial charge in [-0.25, -0.2) is 0 Å². The Morgan fingerprint density at radius 3 is 2.17 bits per heavy atom. The Morgan fingerprint density at radius 2 is 1.57 bits per heavy atom. The molecular weight excluding hydrogens is 401 g/mol. The molecule has 2 fully saturated rings. The van der Waals surface area contributed by atoms with Gasteiger partial charge in [0.1, 0.15) is 6.54 Å². The number of hydrogen-bond donors (Lipinski definition) is 0. The molecule has 7 nitrogen and oxygen atoms in total.